The average Bonchev–Trinajstić information content (AvgIpc) is 3.22. The number of amides is 1. The van der Waals surface area contributed by atoms with Gasteiger partial charge in [0.2, 0.25) is 5.91 Å². The minimum Gasteiger partial charge on any atom is -0.368 e. The average molecular weight is 351 g/mol. The molecule has 6 heteroatoms. The summed E-state index contributed by atoms with van der Waals surface area (Å²) in [5.41, 5.74) is 2.21. The van der Waals surface area contributed by atoms with E-state index in [1.165, 1.54) is 18.5 Å². The Bertz CT molecular complexity index is 720. The summed E-state index contributed by atoms with van der Waals surface area (Å²) in [5, 5.41) is 0. The Morgan fingerprint density at radius 2 is 1.54 bits per heavy atom. The van der Waals surface area contributed by atoms with E-state index in [1.54, 1.807) is 12.4 Å². The Labute approximate surface area is 154 Å². The molecule has 2 aromatic rings. The molecule has 0 unspecified atom stereocenters. The molecule has 4 rings (SSSR count). The molecular weight excluding hydrogens is 326 g/mol. The van der Waals surface area contributed by atoms with Gasteiger partial charge in [-0.05, 0) is 56.3 Å². The van der Waals surface area contributed by atoms with E-state index in [1.807, 2.05) is 11.0 Å². The van der Waals surface area contributed by atoms with Gasteiger partial charge in [-0.2, -0.15) is 0 Å². The maximum absolute atomic E-state index is 12.5. The zero-order valence-electron chi connectivity index (χ0n) is 15.0. The van der Waals surface area contributed by atoms with Crippen LogP contribution in [0.2, 0.25) is 0 Å². The van der Waals surface area contributed by atoms with Gasteiger partial charge in [0.05, 0.1) is 6.54 Å². The van der Waals surface area contributed by atoms with Crippen molar-refractivity contribution in [3.63, 3.8) is 0 Å². The van der Waals surface area contributed by atoms with Gasteiger partial charge in [0.15, 0.2) is 5.82 Å². The minimum absolute atomic E-state index is 0.281. The summed E-state index contributed by atoms with van der Waals surface area (Å²) in [5.74, 6) is 1.03. The van der Waals surface area contributed by atoms with Crippen molar-refractivity contribution in [2.75, 3.05) is 50.7 Å². The van der Waals surface area contributed by atoms with Crippen LogP contribution >= 0.6 is 0 Å². The number of likely N-dealkylation sites (tertiary alicyclic amines) is 1. The van der Waals surface area contributed by atoms with Crippen LogP contribution in [0.5, 0.6) is 0 Å². The highest BCUT2D eigenvalue weighted by atomic mass is 16.2. The molecule has 136 valence electrons. The van der Waals surface area contributed by atoms with Crippen LogP contribution in [0.1, 0.15) is 12.8 Å². The van der Waals surface area contributed by atoms with Gasteiger partial charge < -0.3 is 9.80 Å². The molecule has 0 saturated carbocycles. The maximum Gasteiger partial charge on any atom is 0.236 e. The third kappa shape index (κ3) is 3.85. The van der Waals surface area contributed by atoms with Crippen LogP contribution in [-0.2, 0) is 4.79 Å². The molecule has 6 nitrogen and oxygen atoms in total. The van der Waals surface area contributed by atoms with E-state index in [0.717, 1.165) is 50.7 Å². The molecule has 3 heterocycles. The Balaban J connectivity index is 1.32. The molecule has 0 radical (unpaired) electrons. The molecule has 0 atom stereocenters. The Morgan fingerprint density at radius 1 is 0.885 bits per heavy atom. The van der Waals surface area contributed by atoms with Gasteiger partial charge in [-0.25, -0.2) is 9.97 Å². The van der Waals surface area contributed by atoms with E-state index < -0.39 is 0 Å². The molecule has 2 saturated heterocycles. The van der Waals surface area contributed by atoms with Crippen LogP contribution in [0.25, 0.3) is 11.4 Å². The number of carbonyl (C=O) groups is 1. The molecule has 1 aromatic carbocycles. The van der Waals surface area contributed by atoms with E-state index in [-0.39, 0.29) is 5.91 Å². The van der Waals surface area contributed by atoms with E-state index in [2.05, 4.69) is 44.0 Å². The van der Waals surface area contributed by atoms with Crippen molar-refractivity contribution in [2.45, 2.75) is 12.8 Å². The first-order chi connectivity index (χ1) is 12.8. The summed E-state index contributed by atoms with van der Waals surface area (Å²) in [6.07, 6.45) is 5.97. The number of carbonyl (C=O) groups excluding carboxylic acids is 1. The third-order valence-electron chi connectivity index (χ3n) is 5.25. The van der Waals surface area contributed by atoms with Gasteiger partial charge in [0.25, 0.3) is 0 Å². The lowest BCUT2D eigenvalue weighted by atomic mass is 10.1. The first kappa shape index (κ1) is 17.0. The summed E-state index contributed by atoms with van der Waals surface area (Å²) in [6.45, 7) is 6.10. The van der Waals surface area contributed by atoms with Crippen molar-refractivity contribution < 1.29 is 4.79 Å². The molecule has 0 spiro atoms. The molecule has 1 aromatic heterocycles. The zero-order valence-corrected chi connectivity index (χ0v) is 15.0. The van der Waals surface area contributed by atoms with E-state index in [0.29, 0.717) is 6.54 Å². The molecular formula is C20H25N5O. The predicted octanol–water partition coefficient (Wildman–Crippen LogP) is 1.89. The van der Waals surface area contributed by atoms with Crippen molar-refractivity contribution in [3.8, 4) is 11.4 Å². The van der Waals surface area contributed by atoms with Crippen molar-refractivity contribution >= 4 is 11.6 Å². The number of rotatable bonds is 4. The van der Waals surface area contributed by atoms with Gasteiger partial charge >= 0.3 is 0 Å². The minimum atomic E-state index is 0.281. The van der Waals surface area contributed by atoms with Gasteiger partial charge in [-0.15, -0.1) is 0 Å². The standard InChI is InChI=1S/C20H25N5O/c26-19(16-23-10-1-2-11-23)25-14-12-24(13-15-25)18-6-4-17(5-7-18)20-21-8-3-9-22-20/h3-9H,1-2,10-16H2. The molecule has 26 heavy (non-hydrogen) atoms. The molecule has 0 aliphatic carbocycles. The van der Waals surface area contributed by atoms with Crippen LogP contribution in [0.3, 0.4) is 0 Å². The van der Waals surface area contributed by atoms with Crippen molar-refractivity contribution in [1.82, 2.24) is 19.8 Å². The number of aromatic nitrogens is 2. The quantitative estimate of drug-likeness (QED) is 0.842. The zero-order chi connectivity index (χ0) is 17.8. The van der Waals surface area contributed by atoms with Crippen molar-refractivity contribution in [3.05, 3.63) is 42.7 Å². The van der Waals surface area contributed by atoms with Crippen molar-refractivity contribution in [1.29, 1.82) is 0 Å². The Morgan fingerprint density at radius 3 is 2.19 bits per heavy atom. The second kappa shape index (κ2) is 7.83. The SMILES string of the molecule is O=C(CN1CCCC1)N1CCN(c2ccc(-c3ncccn3)cc2)CC1. The van der Waals surface area contributed by atoms with Crippen LogP contribution in [-0.4, -0.2) is 71.5 Å². The molecule has 1 amide bonds. The molecule has 2 aliphatic heterocycles. The second-order valence-corrected chi connectivity index (χ2v) is 6.97. The monoisotopic (exact) mass is 351 g/mol. The highest BCUT2D eigenvalue weighted by molar-refractivity contribution is 5.78. The lowest BCUT2D eigenvalue weighted by Crippen LogP contribution is -2.51. The number of nitrogens with zero attached hydrogens (tertiary/aromatic N) is 5. The van der Waals surface area contributed by atoms with Crippen LogP contribution in [0.15, 0.2) is 42.7 Å². The number of hydrogen-bond donors (Lipinski definition) is 0. The number of hydrogen-bond acceptors (Lipinski definition) is 5. The molecule has 2 fully saturated rings. The molecule has 0 bridgehead atoms. The van der Waals surface area contributed by atoms with Crippen LogP contribution < -0.4 is 4.90 Å². The summed E-state index contributed by atoms with van der Waals surface area (Å²) in [4.78, 5) is 27.7. The highest BCUT2D eigenvalue weighted by Crippen LogP contribution is 2.21. The summed E-state index contributed by atoms with van der Waals surface area (Å²) in [7, 11) is 0. The normalized spacial score (nSPS) is 18.3. The number of piperazine rings is 1. The first-order valence-corrected chi connectivity index (χ1v) is 9.42. The number of anilines is 1. The van der Waals surface area contributed by atoms with Gasteiger partial charge in [-0.1, -0.05) is 0 Å². The first-order valence-electron chi connectivity index (χ1n) is 9.42. The Kier molecular flexibility index (Phi) is 5.11. The van der Waals surface area contributed by atoms with E-state index in [4.69, 9.17) is 0 Å². The van der Waals surface area contributed by atoms with Crippen LogP contribution in [0, 0.1) is 0 Å². The maximum atomic E-state index is 12.5. The van der Waals surface area contributed by atoms with E-state index >= 15 is 0 Å². The number of benzene rings is 1. The fourth-order valence-corrected chi connectivity index (χ4v) is 3.72. The van der Waals surface area contributed by atoms with E-state index in [9.17, 15) is 4.79 Å². The lowest BCUT2D eigenvalue weighted by Gasteiger charge is -2.36. The topological polar surface area (TPSA) is 52.6 Å². The highest BCUT2D eigenvalue weighted by Gasteiger charge is 2.23. The predicted molar refractivity (Wildman–Crippen MR) is 102 cm³/mol. The molecule has 2 aliphatic rings. The third-order valence-corrected chi connectivity index (χ3v) is 5.25. The van der Waals surface area contributed by atoms with Gasteiger partial charge in [-0.3, -0.25) is 9.69 Å². The summed E-state index contributed by atoms with van der Waals surface area (Å²) in [6, 6.07) is 10.2. The largest absolute Gasteiger partial charge is 0.368 e. The molecule has 0 N–H and O–H groups in total. The lowest BCUT2D eigenvalue weighted by molar-refractivity contribution is -0.132. The van der Waals surface area contributed by atoms with Gasteiger partial charge in [0, 0.05) is 49.8 Å². The summed E-state index contributed by atoms with van der Waals surface area (Å²) < 4.78 is 0. The second-order valence-electron chi connectivity index (χ2n) is 6.97. The fourth-order valence-electron chi connectivity index (χ4n) is 3.72. The van der Waals surface area contributed by atoms with Gasteiger partial charge in [0.1, 0.15) is 0 Å². The fraction of sp³-hybridized carbons (Fsp3) is 0.450. The Hall–Kier alpha value is -2.47. The smallest absolute Gasteiger partial charge is 0.236 e. The van der Waals surface area contributed by atoms with Crippen molar-refractivity contribution in [2.24, 2.45) is 0 Å². The summed E-state index contributed by atoms with van der Waals surface area (Å²) >= 11 is 0. The van der Waals surface area contributed by atoms with Crippen LogP contribution in [0.4, 0.5) is 5.69 Å².